The van der Waals surface area contributed by atoms with Crippen LogP contribution in [-0.2, 0) is 14.8 Å². The molecule has 0 saturated carbocycles. The minimum Gasteiger partial charge on any atom is -0.493 e. The quantitative estimate of drug-likeness (QED) is 0.572. The molecule has 1 unspecified atom stereocenters. The molecule has 0 aromatic heterocycles. The average Bonchev–Trinajstić information content (AvgIpc) is 2.71. The Morgan fingerprint density at radius 1 is 1.10 bits per heavy atom. The minimum absolute atomic E-state index is 0.0755. The SMILES string of the molecule is CCC(=O)Nc1ccc(S(=O)(=O)NCC(O)c2ccc(OC)c(OC)c2)c(C)c1. The van der Waals surface area contributed by atoms with Gasteiger partial charge in [-0.2, -0.15) is 0 Å². The fraction of sp³-hybridized carbons (Fsp3) is 0.350. The van der Waals surface area contributed by atoms with Crippen molar-refractivity contribution in [3.05, 3.63) is 47.5 Å². The Kier molecular flexibility index (Phi) is 7.60. The molecule has 0 spiro atoms. The van der Waals surface area contributed by atoms with Gasteiger partial charge in [-0.15, -0.1) is 0 Å². The van der Waals surface area contributed by atoms with E-state index in [9.17, 15) is 18.3 Å². The van der Waals surface area contributed by atoms with E-state index in [1.165, 1.54) is 26.4 Å². The van der Waals surface area contributed by atoms with E-state index in [1.54, 1.807) is 38.1 Å². The van der Waals surface area contributed by atoms with E-state index in [0.717, 1.165) is 0 Å². The monoisotopic (exact) mass is 422 g/mol. The molecule has 0 bridgehead atoms. The van der Waals surface area contributed by atoms with Gasteiger partial charge in [-0.25, -0.2) is 13.1 Å². The van der Waals surface area contributed by atoms with E-state index >= 15 is 0 Å². The first-order valence-electron chi connectivity index (χ1n) is 9.02. The zero-order valence-corrected chi connectivity index (χ0v) is 17.7. The third-order valence-corrected chi connectivity index (χ3v) is 5.91. The highest BCUT2D eigenvalue weighted by atomic mass is 32.2. The zero-order chi connectivity index (χ0) is 21.6. The maximum Gasteiger partial charge on any atom is 0.240 e. The molecule has 8 nitrogen and oxygen atoms in total. The van der Waals surface area contributed by atoms with Crippen molar-refractivity contribution in [2.24, 2.45) is 0 Å². The number of rotatable bonds is 9. The molecule has 1 atom stereocenters. The molecule has 2 rings (SSSR count). The summed E-state index contributed by atoms with van der Waals surface area (Å²) in [5.74, 6) is 0.790. The Balaban J connectivity index is 2.12. The van der Waals surface area contributed by atoms with Crippen LogP contribution in [0.25, 0.3) is 0 Å². The summed E-state index contributed by atoms with van der Waals surface area (Å²) in [6, 6.07) is 9.41. The van der Waals surface area contributed by atoms with Crippen molar-refractivity contribution in [1.82, 2.24) is 4.72 Å². The normalized spacial score (nSPS) is 12.3. The van der Waals surface area contributed by atoms with Crippen LogP contribution < -0.4 is 19.5 Å². The van der Waals surface area contributed by atoms with Gasteiger partial charge in [0.2, 0.25) is 15.9 Å². The summed E-state index contributed by atoms with van der Waals surface area (Å²) in [5.41, 5.74) is 1.49. The second-order valence-electron chi connectivity index (χ2n) is 6.36. The summed E-state index contributed by atoms with van der Waals surface area (Å²) in [5, 5.41) is 13.1. The Bertz CT molecular complexity index is 975. The summed E-state index contributed by atoms with van der Waals surface area (Å²) in [6.45, 7) is 3.15. The first kappa shape index (κ1) is 22.7. The van der Waals surface area contributed by atoms with Gasteiger partial charge in [0, 0.05) is 18.7 Å². The molecule has 0 aliphatic rings. The number of carbonyl (C=O) groups is 1. The van der Waals surface area contributed by atoms with Crippen molar-refractivity contribution in [3.8, 4) is 11.5 Å². The largest absolute Gasteiger partial charge is 0.493 e. The second kappa shape index (κ2) is 9.73. The van der Waals surface area contributed by atoms with Gasteiger partial charge in [0.1, 0.15) is 0 Å². The average molecular weight is 423 g/mol. The number of anilines is 1. The maximum atomic E-state index is 12.6. The molecule has 9 heteroatoms. The van der Waals surface area contributed by atoms with Crippen LogP contribution in [0.3, 0.4) is 0 Å². The summed E-state index contributed by atoms with van der Waals surface area (Å²) in [6.07, 6.45) is -0.748. The smallest absolute Gasteiger partial charge is 0.240 e. The number of hydrogen-bond acceptors (Lipinski definition) is 6. The summed E-state index contributed by atoms with van der Waals surface area (Å²) < 4.78 is 38.1. The number of sulfonamides is 1. The molecule has 0 aliphatic carbocycles. The van der Waals surface area contributed by atoms with Crippen molar-refractivity contribution in [2.45, 2.75) is 31.3 Å². The molecule has 1 amide bonds. The van der Waals surface area contributed by atoms with Gasteiger partial charge in [0.25, 0.3) is 0 Å². The van der Waals surface area contributed by atoms with E-state index in [0.29, 0.717) is 34.7 Å². The van der Waals surface area contributed by atoms with Crippen LogP contribution in [0.1, 0.15) is 30.6 Å². The molecule has 0 heterocycles. The number of methoxy groups -OCH3 is 2. The van der Waals surface area contributed by atoms with E-state index < -0.39 is 16.1 Å². The van der Waals surface area contributed by atoms with Crippen LogP contribution in [0, 0.1) is 6.92 Å². The van der Waals surface area contributed by atoms with Crippen LogP contribution in [-0.4, -0.2) is 40.2 Å². The van der Waals surface area contributed by atoms with E-state index in [4.69, 9.17) is 9.47 Å². The molecule has 2 aromatic carbocycles. The second-order valence-corrected chi connectivity index (χ2v) is 8.10. The molecule has 158 valence electrons. The van der Waals surface area contributed by atoms with Gasteiger partial charge in [0.05, 0.1) is 25.2 Å². The fourth-order valence-electron chi connectivity index (χ4n) is 2.72. The van der Waals surface area contributed by atoms with Crippen LogP contribution in [0.2, 0.25) is 0 Å². The highest BCUT2D eigenvalue weighted by Crippen LogP contribution is 2.30. The van der Waals surface area contributed by atoms with Crippen molar-refractivity contribution in [1.29, 1.82) is 0 Å². The number of hydrogen-bond donors (Lipinski definition) is 3. The van der Waals surface area contributed by atoms with Gasteiger partial charge in [-0.3, -0.25) is 4.79 Å². The van der Waals surface area contributed by atoms with Crippen molar-refractivity contribution in [3.63, 3.8) is 0 Å². The molecule has 0 fully saturated rings. The topological polar surface area (TPSA) is 114 Å². The lowest BCUT2D eigenvalue weighted by Crippen LogP contribution is -2.29. The molecule has 0 radical (unpaired) electrons. The number of nitrogens with one attached hydrogen (secondary N) is 2. The molecule has 3 N–H and O–H groups in total. The van der Waals surface area contributed by atoms with Gasteiger partial charge >= 0.3 is 0 Å². The predicted octanol–water partition coefficient (Wildman–Crippen LogP) is 2.37. The van der Waals surface area contributed by atoms with Crippen LogP contribution in [0.15, 0.2) is 41.3 Å². The van der Waals surface area contributed by atoms with E-state index in [-0.39, 0.29) is 17.3 Å². The third kappa shape index (κ3) is 5.69. The van der Waals surface area contributed by atoms with Gasteiger partial charge in [0.15, 0.2) is 11.5 Å². The molecule has 2 aromatic rings. The lowest BCUT2D eigenvalue weighted by atomic mass is 10.1. The number of amides is 1. The first-order valence-corrected chi connectivity index (χ1v) is 10.5. The van der Waals surface area contributed by atoms with Crippen molar-refractivity contribution in [2.75, 3.05) is 26.1 Å². The number of benzene rings is 2. The van der Waals surface area contributed by atoms with Crippen LogP contribution >= 0.6 is 0 Å². The Labute approximate surface area is 170 Å². The lowest BCUT2D eigenvalue weighted by molar-refractivity contribution is -0.115. The zero-order valence-electron chi connectivity index (χ0n) is 16.9. The number of aliphatic hydroxyl groups is 1. The number of ether oxygens (including phenoxy) is 2. The Morgan fingerprint density at radius 2 is 1.79 bits per heavy atom. The Hall–Kier alpha value is -2.62. The summed E-state index contributed by atoms with van der Waals surface area (Å²) in [4.78, 5) is 11.6. The van der Waals surface area contributed by atoms with Crippen LogP contribution in [0.4, 0.5) is 5.69 Å². The highest BCUT2D eigenvalue weighted by molar-refractivity contribution is 7.89. The van der Waals surface area contributed by atoms with Crippen molar-refractivity contribution < 1.29 is 27.8 Å². The van der Waals surface area contributed by atoms with Crippen LogP contribution in [0.5, 0.6) is 11.5 Å². The van der Waals surface area contributed by atoms with Gasteiger partial charge in [-0.1, -0.05) is 13.0 Å². The molecular formula is C20H26N2O6S. The van der Waals surface area contributed by atoms with Crippen molar-refractivity contribution >= 4 is 21.6 Å². The highest BCUT2D eigenvalue weighted by Gasteiger charge is 2.20. The molecule has 29 heavy (non-hydrogen) atoms. The number of aryl methyl sites for hydroxylation is 1. The van der Waals surface area contributed by atoms with Gasteiger partial charge in [-0.05, 0) is 48.4 Å². The standard InChI is InChI=1S/C20H26N2O6S/c1-5-20(24)22-15-7-9-19(13(2)10-15)29(25,26)21-12-16(23)14-6-8-17(27-3)18(11-14)28-4/h6-11,16,21,23H,5,12H2,1-4H3,(H,22,24). The summed E-state index contributed by atoms with van der Waals surface area (Å²) in [7, 11) is -0.870. The minimum atomic E-state index is -3.85. The van der Waals surface area contributed by atoms with Gasteiger partial charge < -0.3 is 19.9 Å². The summed E-state index contributed by atoms with van der Waals surface area (Å²) >= 11 is 0. The fourth-order valence-corrected chi connectivity index (χ4v) is 3.99. The van der Waals surface area contributed by atoms with E-state index in [1.807, 2.05) is 0 Å². The molecule has 0 aliphatic heterocycles. The molecular weight excluding hydrogens is 396 g/mol. The molecule has 0 saturated heterocycles. The lowest BCUT2D eigenvalue weighted by Gasteiger charge is -2.16. The first-order chi connectivity index (χ1) is 13.7. The number of aliphatic hydroxyl groups excluding tert-OH is 1. The number of carbonyl (C=O) groups excluding carboxylic acids is 1. The Morgan fingerprint density at radius 3 is 2.38 bits per heavy atom. The third-order valence-electron chi connectivity index (χ3n) is 4.33. The maximum absolute atomic E-state index is 12.6. The van der Waals surface area contributed by atoms with E-state index in [2.05, 4.69) is 10.0 Å². The predicted molar refractivity (Wildman–Crippen MR) is 110 cm³/mol.